The molecule has 2 rings (SSSR count). The fourth-order valence-electron chi connectivity index (χ4n) is 2.81. The summed E-state index contributed by atoms with van der Waals surface area (Å²) in [6, 6.07) is 6.39. The third kappa shape index (κ3) is 4.77. The van der Waals surface area contributed by atoms with E-state index in [0.29, 0.717) is 19.7 Å². The lowest BCUT2D eigenvalue weighted by Gasteiger charge is -2.42. The minimum Gasteiger partial charge on any atom is -0.478 e. The number of ether oxygens (including phenoxy) is 2. The lowest BCUT2D eigenvalue weighted by Crippen LogP contribution is -2.56. The summed E-state index contributed by atoms with van der Waals surface area (Å²) in [5.41, 5.74) is 0.603. The lowest BCUT2D eigenvalue weighted by molar-refractivity contribution is -0.168. The van der Waals surface area contributed by atoms with E-state index in [1.165, 1.54) is 12.1 Å². The second kappa shape index (κ2) is 7.10. The van der Waals surface area contributed by atoms with Gasteiger partial charge in [-0.25, -0.2) is 4.79 Å². The number of benzene rings is 1. The minimum absolute atomic E-state index is 0.00514. The van der Waals surface area contributed by atoms with E-state index in [0.717, 1.165) is 5.56 Å². The molecule has 1 aromatic rings. The number of rotatable bonds is 5. The molecule has 1 fully saturated rings. The van der Waals surface area contributed by atoms with Crippen LogP contribution in [0.5, 0.6) is 0 Å². The van der Waals surface area contributed by atoms with Crippen molar-refractivity contribution in [1.82, 2.24) is 4.90 Å². The SMILES string of the molecule is COCC1CN(C(=O)Cc2ccc(C(=O)O)cc2)CC(C)(C)O1. The number of aromatic carboxylic acids is 1. The van der Waals surface area contributed by atoms with Crippen molar-refractivity contribution in [3.8, 4) is 0 Å². The fraction of sp³-hybridized carbons (Fsp3) is 0.529. The summed E-state index contributed by atoms with van der Waals surface area (Å²) in [6.45, 7) is 5.39. The molecule has 1 N–H and O–H groups in total. The zero-order chi connectivity index (χ0) is 17.0. The van der Waals surface area contributed by atoms with Crippen molar-refractivity contribution >= 4 is 11.9 Å². The summed E-state index contributed by atoms with van der Waals surface area (Å²) in [4.78, 5) is 25.2. The van der Waals surface area contributed by atoms with Crippen LogP contribution in [-0.2, 0) is 20.7 Å². The summed E-state index contributed by atoms with van der Waals surface area (Å²) >= 11 is 0. The molecule has 6 nitrogen and oxygen atoms in total. The Bertz CT molecular complexity index is 567. The van der Waals surface area contributed by atoms with Crippen LogP contribution in [0.15, 0.2) is 24.3 Å². The summed E-state index contributed by atoms with van der Waals surface area (Å²) < 4.78 is 11.0. The maximum absolute atomic E-state index is 12.5. The van der Waals surface area contributed by atoms with Crippen LogP contribution in [0.2, 0.25) is 0 Å². The van der Waals surface area contributed by atoms with Gasteiger partial charge >= 0.3 is 5.97 Å². The number of morpholine rings is 1. The molecule has 1 atom stereocenters. The van der Waals surface area contributed by atoms with Gasteiger partial charge < -0.3 is 19.5 Å². The topological polar surface area (TPSA) is 76.1 Å². The molecule has 1 aliphatic rings. The van der Waals surface area contributed by atoms with Crippen molar-refractivity contribution in [2.45, 2.75) is 32.0 Å². The Hall–Kier alpha value is -1.92. The largest absolute Gasteiger partial charge is 0.478 e. The van der Waals surface area contributed by atoms with E-state index in [1.54, 1.807) is 24.1 Å². The second-order valence-corrected chi connectivity index (χ2v) is 6.41. The summed E-state index contributed by atoms with van der Waals surface area (Å²) in [7, 11) is 1.61. The van der Waals surface area contributed by atoms with Gasteiger partial charge in [0.25, 0.3) is 0 Å². The second-order valence-electron chi connectivity index (χ2n) is 6.41. The van der Waals surface area contributed by atoms with E-state index < -0.39 is 11.6 Å². The van der Waals surface area contributed by atoms with Gasteiger partial charge in [0.05, 0.1) is 30.3 Å². The first-order valence-corrected chi connectivity index (χ1v) is 7.57. The molecular weight excluding hydrogens is 298 g/mol. The molecule has 1 heterocycles. The molecule has 0 spiro atoms. The van der Waals surface area contributed by atoms with Crippen LogP contribution in [0.4, 0.5) is 0 Å². The minimum atomic E-state index is -0.972. The molecular formula is C17H23NO5. The zero-order valence-corrected chi connectivity index (χ0v) is 13.7. The quantitative estimate of drug-likeness (QED) is 0.891. The van der Waals surface area contributed by atoms with Gasteiger partial charge in [-0.2, -0.15) is 0 Å². The Morgan fingerprint density at radius 3 is 2.57 bits per heavy atom. The first-order valence-electron chi connectivity index (χ1n) is 7.57. The van der Waals surface area contributed by atoms with Gasteiger partial charge in [0.1, 0.15) is 0 Å². The Morgan fingerprint density at radius 2 is 2.00 bits per heavy atom. The number of amides is 1. The highest BCUT2D eigenvalue weighted by molar-refractivity contribution is 5.87. The molecule has 0 saturated carbocycles. The van der Waals surface area contributed by atoms with E-state index in [2.05, 4.69) is 0 Å². The van der Waals surface area contributed by atoms with Crippen molar-refractivity contribution < 1.29 is 24.2 Å². The Labute approximate surface area is 136 Å². The number of hydrogen-bond donors (Lipinski definition) is 1. The van der Waals surface area contributed by atoms with Crippen molar-refractivity contribution in [3.63, 3.8) is 0 Å². The number of carboxylic acids is 1. The Balaban J connectivity index is 2.02. The molecule has 0 radical (unpaired) electrons. The van der Waals surface area contributed by atoms with E-state index >= 15 is 0 Å². The van der Waals surface area contributed by atoms with Gasteiger partial charge in [-0.15, -0.1) is 0 Å². The molecule has 0 aromatic heterocycles. The highest BCUT2D eigenvalue weighted by atomic mass is 16.5. The lowest BCUT2D eigenvalue weighted by atomic mass is 10.0. The first kappa shape index (κ1) is 17.4. The van der Waals surface area contributed by atoms with Gasteiger partial charge in [0.15, 0.2) is 0 Å². The Morgan fingerprint density at radius 1 is 1.35 bits per heavy atom. The standard InChI is InChI=1S/C17H23NO5/c1-17(2)11-18(9-14(23-17)10-22-3)15(19)8-12-4-6-13(7-5-12)16(20)21/h4-7,14H,8-11H2,1-3H3,(H,20,21). The predicted octanol–water partition coefficient (Wildman–Crippen LogP) is 1.58. The van der Waals surface area contributed by atoms with Gasteiger partial charge in [0.2, 0.25) is 5.91 Å². The molecule has 1 aromatic carbocycles. The molecule has 6 heteroatoms. The van der Waals surface area contributed by atoms with Crippen LogP contribution in [0, 0.1) is 0 Å². The Kier molecular flexibility index (Phi) is 5.38. The third-order valence-electron chi connectivity index (χ3n) is 3.74. The number of carbonyl (C=O) groups excluding carboxylic acids is 1. The predicted molar refractivity (Wildman–Crippen MR) is 84.5 cm³/mol. The molecule has 1 saturated heterocycles. The van der Waals surface area contributed by atoms with Crippen LogP contribution in [0.3, 0.4) is 0 Å². The van der Waals surface area contributed by atoms with Crippen LogP contribution in [0.25, 0.3) is 0 Å². The summed E-state index contributed by atoms with van der Waals surface area (Å²) in [6.07, 6.45) is 0.109. The molecule has 126 valence electrons. The highest BCUT2D eigenvalue weighted by Crippen LogP contribution is 2.22. The average molecular weight is 321 g/mol. The third-order valence-corrected chi connectivity index (χ3v) is 3.74. The van der Waals surface area contributed by atoms with Crippen molar-refractivity contribution in [1.29, 1.82) is 0 Å². The number of nitrogens with zero attached hydrogens (tertiary/aromatic N) is 1. The maximum Gasteiger partial charge on any atom is 0.335 e. The monoisotopic (exact) mass is 321 g/mol. The van der Waals surface area contributed by atoms with E-state index in [4.69, 9.17) is 14.6 Å². The molecule has 23 heavy (non-hydrogen) atoms. The van der Waals surface area contributed by atoms with Gasteiger partial charge in [0, 0.05) is 20.2 Å². The molecule has 1 unspecified atom stereocenters. The molecule has 1 aliphatic heterocycles. The van der Waals surface area contributed by atoms with Crippen molar-refractivity contribution in [3.05, 3.63) is 35.4 Å². The average Bonchev–Trinajstić information content (AvgIpc) is 2.46. The summed E-state index contributed by atoms with van der Waals surface area (Å²) in [5, 5.41) is 8.90. The number of carboxylic acid groups (broad SMARTS) is 1. The van der Waals surface area contributed by atoms with Gasteiger partial charge in [-0.1, -0.05) is 12.1 Å². The smallest absolute Gasteiger partial charge is 0.335 e. The number of carbonyl (C=O) groups is 2. The van der Waals surface area contributed by atoms with Crippen LogP contribution < -0.4 is 0 Å². The van der Waals surface area contributed by atoms with Crippen LogP contribution in [0.1, 0.15) is 29.8 Å². The van der Waals surface area contributed by atoms with Crippen LogP contribution >= 0.6 is 0 Å². The molecule has 1 amide bonds. The van der Waals surface area contributed by atoms with Crippen LogP contribution in [-0.4, -0.2) is 60.4 Å². The van der Waals surface area contributed by atoms with E-state index in [-0.39, 0.29) is 24.0 Å². The number of hydrogen-bond acceptors (Lipinski definition) is 4. The van der Waals surface area contributed by atoms with Gasteiger partial charge in [-0.05, 0) is 31.5 Å². The first-order chi connectivity index (χ1) is 10.8. The number of methoxy groups -OCH3 is 1. The van der Waals surface area contributed by atoms with E-state index in [1.807, 2.05) is 13.8 Å². The summed E-state index contributed by atoms with van der Waals surface area (Å²) in [5.74, 6) is -0.967. The maximum atomic E-state index is 12.5. The highest BCUT2D eigenvalue weighted by Gasteiger charge is 2.35. The van der Waals surface area contributed by atoms with Crippen molar-refractivity contribution in [2.75, 3.05) is 26.8 Å². The molecule has 0 aliphatic carbocycles. The normalized spacial score (nSPS) is 20.3. The fourth-order valence-corrected chi connectivity index (χ4v) is 2.81. The van der Waals surface area contributed by atoms with Gasteiger partial charge in [-0.3, -0.25) is 4.79 Å². The van der Waals surface area contributed by atoms with Crippen molar-refractivity contribution in [2.24, 2.45) is 0 Å². The van der Waals surface area contributed by atoms with E-state index in [9.17, 15) is 9.59 Å². The molecule has 0 bridgehead atoms. The zero-order valence-electron chi connectivity index (χ0n) is 13.7.